The van der Waals surface area contributed by atoms with Crippen molar-refractivity contribution >= 4 is 11.6 Å². The van der Waals surface area contributed by atoms with Crippen LogP contribution in [0.25, 0.3) is 11.1 Å². The summed E-state index contributed by atoms with van der Waals surface area (Å²) in [5, 5.41) is 6.42. The molecule has 0 saturated heterocycles. The number of nitrogens with zero attached hydrogens (tertiary/aromatic N) is 1. The molecule has 0 aliphatic rings. The Morgan fingerprint density at radius 3 is 2.06 bits per heavy atom. The lowest BCUT2D eigenvalue weighted by atomic mass is 10.1. The Morgan fingerprint density at radius 1 is 0.806 bits per heavy atom. The molecule has 31 heavy (non-hydrogen) atoms. The zero-order valence-electron chi connectivity index (χ0n) is 19.2. The lowest BCUT2D eigenvalue weighted by Crippen LogP contribution is -2.28. The number of ether oxygens (including phenoxy) is 1. The van der Waals surface area contributed by atoms with Crippen molar-refractivity contribution in [2.75, 3.05) is 14.2 Å². The van der Waals surface area contributed by atoms with Crippen molar-refractivity contribution in [2.45, 2.75) is 27.7 Å². The number of benzene rings is 3. The van der Waals surface area contributed by atoms with E-state index in [0.717, 1.165) is 11.1 Å². The molecule has 0 aliphatic carbocycles. The van der Waals surface area contributed by atoms with Crippen LogP contribution in [0.15, 0.2) is 84.0 Å². The number of carbonyl (C=O) groups excluding carboxylic acids is 1. The fraction of sp³-hybridized carbons (Fsp3) is 0.231. The normalized spacial score (nSPS) is 9.94. The van der Waals surface area contributed by atoms with E-state index in [-0.39, 0.29) is 11.6 Å². The Bertz CT molecular complexity index is 954. The first-order valence-electron chi connectivity index (χ1n) is 10.5. The molecule has 5 heteroatoms. The van der Waals surface area contributed by atoms with E-state index in [1.807, 2.05) is 94.4 Å². The molecule has 0 aliphatic heterocycles. The van der Waals surface area contributed by atoms with Gasteiger partial charge in [0.25, 0.3) is 5.91 Å². The number of nitrogens with one attached hydrogen (secondary N) is 1. The molecule has 0 radical (unpaired) electrons. The van der Waals surface area contributed by atoms with Crippen LogP contribution in [0.5, 0.6) is 11.5 Å². The summed E-state index contributed by atoms with van der Waals surface area (Å²) in [6.07, 6.45) is 0. The average Bonchev–Trinajstić information content (AvgIpc) is 2.86. The molecule has 3 rings (SSSR count). The second kappa shape index (κ2) is 14.4. The number of hydrogen-bond donors (Lipinski definition) is 1. The van der Waals surface area contributed by atoms with Crippen molar-refractivity contribution in [3.63, 3.8) is 0 Å². The third-order valence-corrected chi connectivity index (χ3v) is 3.94. The predicted molar refractivity (Wildman–Crippen MR) is 129 cm³/mol. The van der Waals surface area contributed by atoms with Gasteiger partial charge in [-0.3, -0.25) is 4.79 Å². The molecule has 164 valence electrons. The molecular formula is C26H32N2O3. The van der Waals surface area contributed by atoms with Crippen molar-refractivity contribution in [3.8, 4) is 22.6 Å². The van der Waals surface area contributed by atoms with E-state index in [9.17, 15) is 4.79 Å². The lowest BCUT2D eigenvalue weighted by Gasteiger charge is -2.13. The second-order valence-corrected chi connectivity index (χ2v) is 5.69. The summed E-state index contributed by atoms with van der Waals surface area (Å²) >= 11 is 0. The second-order valence-electron chi connectivity index (χ2n) is 5.69. The molecule has 1 N–H and O–H groups in total. The molecule has 3 aromatic rings. The molecule has 0 atom stereocenters. The minimum absolute atomic E-state index is 0.148. The minimum atomic E-state index is -0.356. The van der Waals surface area contributed by atoms with Crippen molar-refractivity contribution in [1.29, 1.82) is 0 Å². The molecule has 0 spiro atoms. The number of likely N-dealkylation sites (N-methyl/N-ethyl adjacent to an activating group) is 1. The van der Waals surface area contributed by atoms with E-state index in [1.54, 1.807) is 19.2 Å². The summed E-state index contributed by atoms with van der Waals surface area (Å²) in [6.45, 7) is 8.00. The summed E-state index contributed by atoms with van der Waals surface area (Å²) in [5.41, 5.74) is 2.84. The van der Waals surface area contributed by atoms with Gasteiger partial charge >= 0.3 is 0 Å². The molecule has 5 nitrogen and oxygen atoms in total. The van der Waals surface area contributed by atoms with Gasteiger partial charge in [0.2, 0.25) is 0 Å². The fourth-order valence-corrected chi connectivity index (χ4v) is 2.67. The molecule has 3 aromatic carbocycles. The highest BCUT2D eigenvalue weighted by Crippen LogP contribution is 2.29. The zero-order valence-corrected chi connectivity index (χ0v) is 19.2. The van der Waals surface area contributed by atoms with Gasteiger partial charge in [0.05, 0.1) is 5.56 Å². The van der Waals surface area contributed by atoms with Crippen molar-refractivity contribution in [3.05, 3.63) is 84.4 Å². The van der Waals surface area contributed by atoms with Crippen LogP contribution in [0.3, 0.4) is 0 Å². The third kappa shape index (κ3) is 7.30. The van der Waals surface area contributed by atoms with Crippen LogP contribution in [0.1, 0.15) is 33.3 Å². The standard InChI is InChI=1S/C22H20N2O3.2C2H6/c1-23-22(25)21(24-26-2)19-13-6-7-14-20(19)27-18-12-8-11-17(15-18)16-9-4-3-5-10-16;2*1-2/h3-15H,1-2H3,(H,23,25);2*1-2H3/b24-21-;;. The average molecular weight is 421 g/mol. The summed E-state index contributed by atoms with van der Waals surface area (Å²) in [4.78, 5) is 17.0. The van der Waals surface area contributed by atoms with E-state index in [4.69, 9.17) is 9.57 Å². The van der Waals surface area contributed by atoms with Crippen molar-refractivity contribution in [2.24, 2.45) is 5.16 Å². The Morgan fingerprint density at radius 2 is 1.42 bits per heavy atom. The molecule has 0 saturated carbocycles. The van der Waals surface area contributed by atoms with E-state index < -0.39 is 0 Å². The first-order valence-corrected chi connectivity index (χ1v) is 10.5. The fourth-order valence-electron chi connectivity index (χ4n) is 2.67. The van der Waals surface area contributed by atoms with Crippen molar-refractivity contribution in [1.82, 2.24) is 5.32 Å². The highest BCUT2D eigenvalue weighted by molar-refractivity contribution is 6.45. The van der Waals surface area contributed by atoms with Crippen LogP contribution >= 0.6 is 0 Å². The van der Waals surface area contributed by atoms with E-state index >= 15 is 0 Å². The van der Waals surface area contributed by atoms with Crippen LogP contribution in [0, 0.1) is 0 Å². The molecule has 0 fully saturated rings. The molecule has 1 amide bonds. The Balaban J connectivity index is 0.00000113. The molecule has 0 aromatic heterocycles. The van der Waals surface area contributed by atoms with E-state index in [2.05, 4.69) is 10.5 Å². The van der Waals surface area contributed by atoms with Gasteiger partial charge in [0, 0.05) is 7.05 Å². The zero-order chi connectivity index (χ0) is 23.1. The maximum Gasteiger partial charge on any atom is 0.273 e. The number of amides is 1. The number of hydrogen-bond acceptors (Lipinski definition) is 4. The topological polar surface area (TPSA) is 59.9 Å². The van der Waals surface area contributed by atoms with Crippen LogP contribution < -0.4 is 10.1 Å². The number of oxime groups is 1. The number of carbonyl (C=O) groups is 1. The highest BCUT2D eigenvalue weighted by Gasteiger charge is 2.18. The van der Waals surface area contributed by atoms with Gasteiger partial charge in [-0.1, -0.05) is 87.4 Å². The van der Waals surface area contributed by atoms with Crippen LogP contribution in [0.4, 0.5) is 0 Å². The quantitative estimate of drug-likeness (QED) is 0.376. The Hall–Kier alpha value is -3.60. The number of rotatable bonds is 6. The molecule has 0 heterocycles. The summed E-state index contributed by atoms with van der Waals surface area (Å²) < 4.78 is 6.08. The first-order chi connectivity index (χ1) is 15.2. The van der Waals surface area contributed by atoms with E-state index in [0.29, 0.717) is 17.1 Å². The minimum Gasteiger partial charge on any atom is -0.457 e. The lowest BCUT2D eigenvalue weighted by molar-refractivity contribution is -0.114. The van der Waals surface area contributed by atoms with Gasteiger partial charge in [-0.25, -0.2) is 0 Å². The third-order valence-electron chi connectivity index (χ3n) is 3.94. The Kier molecular flexibility index (Phi) is 11.8. The monoisotopic (exact) mass is 420 g/mol. The predicted octanol–water partition coefficient (Wildman–Crippen LogP) is 6.29. The van der Waals surface area contributed by atoms with Crippen LogP contribution in [0.2, 0.25) is 0 Å². The smallest absolute Gasteiger partial charge is 0.273 e. The molecule has 0 unspecified atom stereocenters. The molecule has 0 bridgehead atoms. The maximum atomic E-state index is 12.2. The van der Waals surface area contributed by atoms with Gasteiger partial charge in [0.1, 0.15) is 18.6 Å². The maximum absolute atomic E-state index is 12.2. The van der Waals surface area contributed by atoms with Gasteiger partial charge < -0.3 is 14.9 Å². The van der Waals surface area contributed by atoms with Gasteiger partial charge in [-0.2, -0.15) is 0 Å². The summed E-state index contributed by atoms with van der Waals surface area (Å²) in [6, 6.07) is 25.1. The number of para-hydroxylation sites is 1. The van der Waals surface area contributed by atoms with Gasteiger partial charge in [-0.05, 0) is 35.4 Å². The SMILES string of the molecule is CC.CC.CNC(=O)/C(=N\OC)c1ccccc1Oc1cccc(-c2ccccc2)c1. The van der Waals surface area contributed by atoms with Gasteiger partial charge in [-0.15, -0.1) is 0 Å². The van der Waals surface area contributed by atoms with Crippen LogP contribution in [-0.2, 0) is 9.63 Å². The molecular weight excluding hydrogens is 388 g/mol. The van der Waals surface area contributed by atoms with Crippen molar-refractivity contribution < 1.29 is 14.4 Å². The Labute approximate surface area is 185 Å². The van der Waals surface area contributed by atoms with E-state index in [1.165, 1.54) is 7.11 Å². The van der Waals surface area contributed by atoms with Gasteiger partial charge in [0.15, 0.2) is 5.71 Å². The summed E-state index contributed by atoms with van der Waals surface area (Å²) in [5.74, 6) is 0.825. The first kappa shape index (κ1) is 25.4. The highest BCUT2D eigenvalue weighted by atomic mass is 16.6. The van der Waals surface area contributed by atoms with Crippen LogP contribution in [-0.4, -0.2) is 25.8 Å². The summed E-state index contributed by atoms with van der Waals surface area (Å²) in [7, 11) is 2.94. The largest absolute Gasteiger partial charge is 0.457 e.